The number of H-pyrrole nitrogens is 2. The minimum atomic E-state index is 0.527. The molecule has 0 saturated carbocycles. The first kappa shape index (κ1) is 23.5. The lowest BCUT2D eigenvalue weighted by atomic mass is 9.87. The second-order valence-corrected chi connectivity index (χ2v) is 9.85. The van der Waals surface area contributed by atoms with Gasteiger partial charge in [0, 0.05) is 23.7 Å². The average molecular weight is 468 g/mol. The van der Waals surface area contributed by atoms with Crippen molar-refractivity contribution in [1.82, 2.24) is 9.97 Å². The van der Waals surface area contributed by atoms with Gasteiger partial charge in [0.2, 0.25) is 0 Å². The van der Waals surface area contributed by atoms with Gasteiger partial charge in [0.15, 0.2) is 0 Å². The van der Waals surface area contributed by atoms with Crippen molar-refractivity contribution in [1.29, 1.82) is 0 Å². The van der Waals surface area contributed by atoms with Crippen molar-refractivity contribution in [2.75, 3.05) is 0 Å². The van der Waals surface area contributed by atoms with Crippen molar-refractivity contribution in [3.05, 3.63) is 100 Å². The third-order valence-electron chi connectivity index (χ3n) is 7.18. The minimum absolute atomic E-state index is 0.527. The average Bonchev–Trinajstić information content (AvgIpc) is 3.63. The molecule has 4 nitrogen and oxygen atoms in total. The largest absolute Gasteiger partial charge is 0.487 e. The number of hydrogen-bond donors (Lipinski definition) is 2. The number of unbranched alkanes of at least 4 members (excludes halogenated alkanes) is 1. The predicted molar refractivity (Wildman–Crippen MR) is 144 cm³/mol. The van der Waals surface area contributed by atoms with Crippen molar-refractivity contribution >= 4 is 11.8 Å². The molecular formula is C31H37N3O. The number of allylic oxidation sites excluding steroid dienone is 1. The Labute approximate surface area is 209 Å². The fraction of sp³-hybridized carbons (Fsp3) is 0.387. The molecule has 35 heavy (non-hydrogen) atoms. The molecule has 2 bridgehead atoms. The van der Waals surface area contributed by atoms with Crippen LogP contribution >= 0.6 is 0 Å². The summed E-state index contributed by atoms with van der Waals surface area (Å²) in [6, 6.07) is 16.8. The molecule has 0 amide bonds. The van der Waals surface area contributed by atoms with Crippen molar-refractivity contribution in [3.8, 4) is 0 Å². The van der Waals surface area contributed by atoms with Crippen LogP contribution in [0.15, 0.2) is 77.3 Å². The van der Waals surface area contributed by atoms with Gasteiger partial charge in [0.05, 0.1) is 11.4 Å². The van der Waals surface area contributed by atoms with E-state index in [1.54, 1.807) is 0 Å². The molecule has 0 spiro atoms. The molecule has 3 heterocycles. The number of rotatable bonds is 8. The Morgan fingerprint density at radius 2 is 1.94 bits per heavy atom. The molecule has 0 saturated heterocycles. The topological polar surface area (TPSA) is 53.2 Å². The normalized spacial score (nSPS) is 19.5. The van der Waals surface area contributed by atoms with E-state index in [4.69, 9.17) is 9.73 Å². The van der Waals surface area contributed by atoms with E-state index in [9.17, 15) is 0 Å². The number of nitrogens with zero attached hydrogens (tertiary/aromatic N) is 1. The van der Waals surface area contributed by atoms with E-state index in [1.165, 1.54) is 68.3 Å². The number of fused-ring (bicyclic) bond motifs is 2. The highest BCUT2D eigenvalue weighted by molar-refractivity contribution is 6.11. The van der Waals surface area contributed by atoms with Crippen LogP contribution in [0.3, 0.4) is 0 Å². The zero-order valence-electron chi connectivity index (χ0n) is 20.9. The highest BCUT2D eigenvalue weighted by Gasteiger charge is 2.22. The molecule has 1 unspecified atom stereocenters. The van der Waals surface area contributed by atoms with Crippen molar-refractivity contribution in [2.24, 2.45) is 4.99 Å². The van der Waals surface area contributed by atoms with Crippen molar-refractivity contribution in [2.45, 2.75) is 77.2 Å². The Hall–Kier alpha value is -3.27. The molecule has 3 aromatic rings. The van der Waals surface area contributed by atoms with Gasteiger partial charge in [-0.25, -0.2) is 4.99 Å². The van der Waals surface area contributed by atoms with Gasteiger partial charge in [-0.3, -0.25) is 0 Å². The summed E-state index contributed by atoms with van der Waals surface area (Å²) in [5.41, 5.74) is 8.01. The predicted octanol–water partition coefficient (Wildman–Crippen LogP) is 8.07. The number of ether oxygens (including phenoxy) is 1. The standard InChI is InChI=1S/C31H37N3O/c1-2-3-14-24-15-9-4-5-10-16-25-19-26(24)28(33-25)20-30-31(35-22-23-12-7-6-8-13-23)21-29(34-30)27-17-11-18-32-27/h6-8,11-13,17-21,24,32-33H,2-5,9-10,14-16,22H2,1H3. The van der Waals surface area contributed by atoms with Gasteiger partial charge in [-0.15, -0.1) is 0 Å². The molecule has 2 aliphatic rings. The van der Waals surface area contributed by atoms with E-state index in [0.717, 1.165) is 34.8 Å². The highest BCUT2D eigenvalue weighted by atomic mass is 16.5. The third kappa shape index (κ3) is 5.87. The van der Waals surface area contributed by atoms with Gasteiger partial charge in [-0.2, -0.15) is 0 Å². The molecule has 4 heteroatoms. The van der Waals surface area contributed by atoms with Crippen LogP contribution in [0, 0.1) is 0 Å². The van der Waals surface area contributed by atoms with E-state index in [0.29, 0.717) is 12.5 Å². The molecule has 1 aliphatic carbocycles. The van der Waals surface area contributed by atoms with Crippen molar-refractivity contribution < 1.29 is 4.74 Å². The summed E-state index contributed by atoms with van der Waals surface area (Å²) in [6.07, 6.45) is 17.7. The number of benzene rings is 1. The summed E-state index contributed by atoms with van der Waals surface area (Å²) in [7, 11) is 0. The fourth-order valence-electron chi connectivity index (χ4n) is 5.24. The second-order valence-electron chi connectivity index (χ2n) is 9.85. The number of aromatic nitrogens is 2. The van der Waals surface area contributed by atoms with Gasteiger partial charge < -0.3 is 14.7 Å². The molecular weight excluding hydrogens is 430 g/mol. The van der Waals surface area contributed by atoms with Crippen LogP contribution in [0.2, 0.25) is 0 Å². The van der Waals surface area contributed by atoms with E-state index in [2.05, 4.69) is 65.4 Å². The lowest BCUT2D eigenvalue weighted by molar-refractivity contribution is 0.208. The lowest BCUT2D eigenvalue weighted by Crippen LogP contribution is -2.01. The van der Waals surface area contributed by atoms with Gasteiger partial charge in [0.25, 0.3) is 0 Å². The van der Waals surface area contributed by atoms with Crippen LogP contribution in [0.4, 0.5) is 0 Å². The molecule has 1 aliphatic heterocycles. The van der Waals surface area contributed by atoms with Crippen LogP contribution in [-0.4, -0.2) is 15.7 Å². The number of aromatic amines is 2. The van der Waals surface area contributed by atoms with E-state index in [-0.39, 0.29) is 0 Å². The molecule has 2 aromatic heterocycles. The number of nitrogens with one attached hydrogen (secondary N) is 2. The van der Waals surface area contributed by atoms with Gasteiger partial charge in [-0.1, -0.05) is 69.4 Å². The maximum absolute atomic E-state index is 6.33. The van der Waals surface area contributed by atoms with E-state index < -0.39 is 0 Å². The minimum Gasteiger partial charge on any atom is -0.487 e. The highest BCUT2D eigenvalue weighted by Crippen LogP contribution is 2.35. The number of aryl methyl sites for hydroxylation is 1. The van der Waals surface area contributed by atoms with Gasteiger partial charge >= 0.3 is 0 Å². The van der Waals surface area contributed by atoms with Crippen LogP contribution in [0.5, 0.6) is 0 Å². The summed E-state index contributed by atoms with van der Waals surface area (Å²) in [4.78, 5) is 12.1. The Bertz CT molecular complexity index is 1180. The number of aliphatic imine (C=N–C) groups is 1. The first-order chi connectivity index (χ1) is 17.3. The van der Waals surface area contributed by atoms with E-state index >= 15 is 0 Å². The maximum Gasteiger partial charge on any atom is 0.147 e. The molecule has 182 valence electrons. The van der Waals surface area contributed by atoms with Gasteiger partial charge in [-0.05, 0) is 67.0 Å². The summed E-state index contributed by atoms with van der Waals surface area (Å²) >= 11 is 0. The van der Waals surface area contributed by atoms with Crippen molar-refractivity contribution in [3.63, 3.8) is 0 Å². The molecule has 2 N–H and O–H groups in total. The lowest BCUT2D eigenvalue weighted by Gasteiger charge is -2.17. The second kappa shape index (κ2) is 11.4. The smallest absolute Gasteiger partial charge is 0.147 e. The van der Waals surface area contributed by atoms with Gasteiger partial charge in [0.1, 0.15) is 18.1 Å². The molecule has 1 atom stereocenters. The summed E-state index contributed by atoms with van der Waals surface area (Å²) in [5, 5.41) is 0. The third-order valence-corrected chi connectivity index (χ3v) is 7.18. The summed E-state index contributed by atoms with van der Waals surface area (Å²) < 4.78 is 6.33. The summed E-state index contributed by atoms with van der Waals surface area (Å²) in [5.74, 6) is 1.44. The molecule has 0 radical (unpaired) electrons. The van der Waals surface area contributed by atoms with Crippen LogP contribution in [0.25, 0.3) is 6.08 Å². The quantitative estimate of drug-likeness (QED) is 0.346. The Balaban J connectivity index is 1.48. The monoisotopic (exact) mass is 467 g/mol. The maximum atomic E-state index is 6.33. The zero-order chi connectivity index (χ0) is 23.9. The Kier molecular flexibility index (Phi) is 7.67. The SMILES string of the molecule is CCCCC1CCCCCCc2cc1c(C=C1N=C(c3ccc[nH]3)C=C1OCc1ccccc1)[nH]2. The molecule has 5 rings (SSSR count). The van der Waals surface area contributed by atoms with Crippen LogP contribution in [-0.2, 0) is 17.8 Å². The first-order valence-electron chi connectivity index (χ1n) is 13.3. The fourth-order valence-corrected chi connectivity index (χ4v) is 5.24. The molecule has 0 fully saturated rings. The van der Waals surface area contributed by atoms with E-state index in [1.807, 2.05) is 18.3 Å². The number of hydrogen-bond acceptors (Lipinski definition) is 2. The summed E-state index contributed by atoms with van der Waals surface area (Å²) in [6.45, 7) is 2.82. The van der Waals surface area contributed by atoms with Crippen LogP contribution in [0.1, 0.15) is 92.4 Å². The Morgan fingerprint density at radius 3 is 2.77 bits per heavy atom. The molecule has 1 aromatic carbocycles. The first-order valence-corrected chi connectivity index (χ1v) is 13.3. The Morgan fingerprint density at radius 1 is 1.06 bits per heavy atom. The van der Waals surface area contributed by atoms with Crippen LogP contribution < -0.4 is 0 Å². The zero-order valence-corrected chi connectivity index (χ0v) is 20.9.